The normalized spacial score (nSPS) is 14.1. The fourth-order valence-corrected chi connectivity index (χ4v) is 3.39. The van der Waals surface area contributed by atoms with Crippen molar-refractivity contribution in [2.45, 2.75) is 0 Å². The Balaban J connectivity index is 0.00000341. The van der Waals surface area contributed by atoms with Crippen LogP contribution in [0.2, 0.25) is 0 Å². The number of halogens is 1. The first-order valence-corrected chi connectivity index (χ1v) is 9.55. The highest BCUT2D eigenvalue weighted by Crippen LogP contribution is 2.13. The Morgan fingerprint density at radius 3 is 2.26 bits per heavy atom. The summed E-state index contributed by atoms with van der Waals surface area (Å²) in [6.45, 7) is 3.89. The van der Waals surface area contributed by atoms with E-state index in [0.717, 1.165) is 17.7 Å². The van der Waals surface area contributed by atoms with Crippen molar-refractivity contribution in [3.63, 3.8) is 0 Å². The molecule has 11 nitrogen and oxygen atoms in total. The van der Waals surface area contributed by atoms with Crippen LogP contribution in [0, 0.1) is 10.1 Å². The van der Waals surface area contributed by atoms with E-state index in [2.05, 4.69) is 10.2 Å². The third-order valence-corrected chi connectivity index (χ3v) is 5.25. The van der Waals surface area contributed by atoms with Crippen LogP contribution >= 0.6 is 12.4 Å². The van der Waals surface area contributed by atoms with Crippen molar-refractivity contribution in [1.29, 1.82) is 0 Å². The maximum atomic E-state index is 12.2. The van der Waals surface area contributed by atoms with Gasteiger partial charge in [0, 0.05) is 77.1 Å². The zero-order valence-electron chi connectivity index (χ0n) is 17.3. The molecule has 2 heterocycles. The average molecular weight is 453 g/mol. The minimum atomic E-state index is -0.507. The molecule has 168 valence electrons. The third kappa shape index (κ3) is 5.50. The molecule has 0 radical (unpaired) electrons. The van der Waals surface area contributed by atoms with Crippen molar-refractivity contribution >= 4 is 29.8 Å². The smallest absolute Gasteiger partial charge is 0.332 e. The van der Waals surface area contributed by atoms with Gasteiger partial charge in [-0.15, -0.1) is 12.4 Å². The fraction of sp³-hybridized carbons (Fsp3) is 0.421. The van der Waals surface area contributed by atoms with Crippen LogP contribution in [0.4, 0.5) is 11.5 Å². The first-order valence-electron chi connectivity index (χ1n) is 9.55. The maximum Gasteiger partial charge on any atom is 0.332 e. The minimum absolute atomic E-state index is 0. The van der Waals surface area contributed by atoms with Crippen molar-refractivity contribution in [2.24, 2.45) is 14.1 Å². The lowest BCUT2D eigenvalue weighted by atomic mass is 10.2. The third-order valence-electron chi connectivity index (χ3n) is 5.25. The number of anilines is 1. The first-order chi connectivity index (χ1) is 14.3. The second-order valence-corrected chi connectivity index (χ2v) is 7.13. The second-order valence-electron chi connectivity index (χ2n) is 7.13. The highest BCUT2D eigenvalue weighted by molar-refractivity contribution is 5.94. The molecular weight excluding hydrogens is 428 g/mol. The van der Waals surface area contributed by atoms with Crippen LogP contribution < -0.4 is 21.5 Å². The summed E-state index contributed by atoms with van der Waals surface area (Å²) in [5, 5.41) is 13.5. The van der Waals surface area contributed by atoms with Gasteiger partial charge in [-0.3, -0.25) is 33.7 Å². The van der Waals surface area contributed by atoms with Gasteiger partial charge in [0.15, 0.2) is 0 Å². The van der Waals surface area contributed by atoms with Gasteiger partial charge < -0.3 is 10.2 Å². The Bertz CT molecular complexity index is 1060. The SMILES string of the molecule is Cl.Cn1c(N2CCN(CCNC(=O)c3ccc([N+](=O)[O-])cc3)CC2)cc(=O)n(C)c1=O. The number of non-ortho nitro benzene ring substituents is 1. The summed E-state index contributed by atoms with van der Waals surface area (Å²) in [7, 11) is 3.11. The number of carbonyl (C=O) groups is 1. The highest BCUT2D eigenvalue weighted by Gasteiger charge is 2.20. The van der Waals surface area contributed by atoms with E-state index in [1.54, 1.807) is 7.05 Å². The van der Waals surface area contributed by atoms with Crippen molar-refractivity contribution < 1.29 is 9.72 Å². The summed E-state index contributed by atoms with van der Waals surface area (Å²) in [5.41, 5.74) is -0.367. The molecule has 0 atom stereocenters. The summed E-state index contributed by atoms with van der Waals surface area (Å²) in [6.07, 6.45) is 0. The molecule has 0 saturated carbocycles. The molecule has 1 amide bonds. The number of piperazine rings is 1. The number of nitro benzene ring substituents is 1. The van der Waals surface area contributed by atoms with Gasteiger partial charge in [-0.05, 0) is 12.1 Å². The Kier molecular flexibility index (Phi) is 7.95. The van der Waals surface area contributed by atoms with E-state index in [9.17, 15) is 24.5 Å². The van der Waals surface area contributed by atoms with Gasteiger partial charge in [-0.2, -0.15) is 0 Å². The van der Waals surface area contributed by atoms with E-state index >= 15 is 0 Å². The quantitative estimate of drug-likeness (QED) is 0.482. The number of hydrogen-bond acceptors (Lipinski definition) is 7. The Morgan fingerprint density at radius 2 is 1.68 bits per heavy atom. The van der Waals surface area contributed by atoms with Crippen LogP contribution in [-0.4, -0.2) is 64.1 Å². The number of carbonyl (C=O) groups excluding carboxylic acids is 1. The molecule has 1 aliphatic rings. The molecule has 1 aliphatic heterocycles. The van der Waals surface area contributed by atoms with Gasteiger partial charge in [0.05, 0.1) is 4.92 Å². The lowest BCUT2D eigenvalue weighted by Crippen LogP contribution is -2.50. The molecule has 0 bridgehead atoms. The highest BCUT2D eigenvalue weighted by atomic mass is 35.5. The van der Waals surface area contributed by atoms with E-state index in [1.165, 1.54) is 41.9 Å². The summed E-state index contributed by atoms with van der Waals surface area (Å²) in [4.78, 5) is 50.6. The monoisotopic (exact) mass is 452 g/mol. The lowest BCUT2D eigenvalue weighted by molar-refractivity contribution is -0.384. The largest absolute Gasteiger partial charge is 0.355 e. The number of rotatable bonds is 6. The van der Waals surface area contributed by atoms with E-state index in [0.29, 0.717) is 37.6 Å². The predicted octanol–water partition coefficient (Wildman–Crippen LogP) is -0.0340. The molecule has 3 rings (SSSR count). The average Bonchev–Trinajstić information content (AvgIpc) is 2.75. The molecule has 1 aromatic heterocycles. The van der Waals surface area contributed by atoms with Gasteiger partial charge >= 0.3 is 5.69 Å². The van der Waals surface area contributed by atoms with Crippen molar-refractivity contribution in [3.8, 4) is 0 Å². The molecule has 0 aliphatic carbocycles. The zero-order valence-corrected chi connectivity index (χ0v) is 18.1. The number of nitrogens with zero attached hydrogens (tertiary/aromatic N) is 5. The van der Waals surface area contributed by atoms with Gasteiger partial charge in [-0.25, -0.2) is 4.79 Å². The number of nitrogens with one attached hydrogen (secondary N) is 1. The van der Waals surface area contributed by atoms with E-state index in [4.69, 9.17) is 0 Å². The molecule has 1 N–H and O–H groups in total. The van der Waals surface area contributed by atoms with Crippen LogP contribution in [0.15, 0.2) is 39.9 Å². The fourth-order valence-electron chi connectivity index (χ4n) is 3.39. The lowest BCUT2D eigenvalue weighted by Gasteiger charge is -2.36. The summed E-state index contributed by atoms with van der Waals surface area (Å²) in [5.74, 6) is 0.327. The van der Waals surface area contributed by atoms with Crippen molar-refractivity contribution in [1.82, 2.24) is 19.4 Å². The van der Waals surface area contributed by atoms with Gasteiger partial charge in [0.25, 0.3) is 17.2 Å². The number of amides is 1. The minimum Gasteiger partial charge on any atom is -0.355 e. The Morgan fingerprint density at radius 1 is 1.06 bits per heavy atom. The Labute approximate surface area is 184 Å². The number of hydrogen-bond donors (Lipinski definition) is 1. The predicted molar refractivity (Wildman–Crippen MR) is 118 cm³/mol. The van der Waals surface area contributed by atoms with E-state index in [1.807, 2.05) is 4.90 Å². The summed E-state index contributed by atoms with van der Waals surface area (Å²) in [6, 6.07) is 6.94. The Hall–Kier alpha value is -3.18. The van der Waals surface area contributed by atoms with Crippen LogP contribution in [0.3, 0.4) is 0 Å². The molecule has 1 fully saturated rings. The molecule has 1 aromatic carbocycles. The van der Waals surface area contributed by atoms with E-state index in [-0.39, 0.29) is 35.3 Å². The molecule has 2 aromatic rings. The van der Waals surface area contributed by atoms with Crippen LogP contribution in [0.5, 0.6) is 0 Å². The van der Waals surface area contributed by atoms with Crippen molar-refractivity contribution in [3.05, 3.63) is 66.8 Å². The van der Waals surface area contributed by atoms with Crippen molar-refractivity contribution in [2.75, 3.05) is 44.2 Å². The summed E-state index contributed by atoms with van der Waals surface area (Å²) < 4.78 is 2.55. The van der Waals surface area contributed by atoms with Gasteiger partial charge in [-0.1, -0.05) is 0 Å². The van der Waals surface area contributed by atoms with E-state index < -0.39 is 4.92 Å². The summed E-state index contributed by atoms with van der Waals surface area (Å²) >= 11 is 0. The molecule has 1 saturated heterocycles. The molecule has 12 heteroatoms. The second kappa shape index (κ2) is 10.2. The molecule has 0 unspecified atom stereocenters. The van der Waals surface area contributed by atoms with Crippen LogP contribution in [0.1, 0.15) is 10.4 Å². The first kappa shape index (κ1) is 24.1. The maximum absolute atomic E-state index is 12.2. The standard InChI is InChI=1S/C19H24N6O5.ClH/c1-21-16(13-17(26)22(2)19(21)28)24-11-9-23(10-12-24)8-7-20-18(27)14-3-5-15(6-4-14)25(29)30;/h3-6,13H,7-12H2,1-2H3,(H,20,27);1H. The van der Waals surface area contributed by atoms with Crippen LogP contribution in [0.25, 0.3) is 0 Å². The topological polar surface area (TPSA) is 123 Å². The van der Waals surface area contributed by atoms with Gasteiger partial charge in [0.2, 0.25) is 0 Å². The molecular formula is C19H25ClN6O5. The molecule has 0 spiro atoms. The zero-order chi connectivity index (χ0) is 21.8. The number of nitro groups is 1. The van der Waals surface area contributed by atoms with Crippen LogP contribution in [-0.2, 0) is 14.1 Å². The number of aromatic nitrogens is 2. The molecule has 31 heavy (non-hydrogen) atoms. The van der Waals surface area contributed by atoms with Gasteiger partial charge in [0.1, 0.15) is 5.82 Å². The number of benzene rings is 1.